The first-order valence-corrected chi connectivity index (χ1v) is 7.48. The van der Waals surface area contributed by atoms with E-state index in [1.807, 2.05) is 0 Å². The molecule has 0 spiro atoms. The van der Waals surface area contributed by atoms with E-state index in [1.54, 1.807) is 0 Å². The molecule has 0 atom stereocenters. The van der Waals surface area contributed by atoms with E-state index in [0.29, 0.717) is 0 Å². The summed E-state index contributed by atoms with van der Waals surface area (Å²) in [7, 11) is 0. The number of hydrogen-bond donors (Lipinski definition) is 0. The topological polar surface area (TPSA) is 0 Å². The van der Waals surface area contributed by atoms with Crippen LogP contribution < -0.4 is 0 Å². The zero-order chi connectivity index (χ0) is 12.2. The molecule has 86 valence electrons. The second kappa shape index (κ2) is 3.82. The third-order valence-corrected chi connectivity index (χ3v) is 4.76. The van der Waals surface area contributed by atoms with Crippen molar-refractivity contribution in [2.45, 2.75) is 19.3 Å². The number of fused-ring (bicyclic) bond motifs is 3. The molecule has 2 heteroatoms. The van der Waals surface area contributed by atoms with Crippen LogP contribution in [0, 0.1) is 3.57 Å². The first kappa shape index (κ1) is 11.7. The summed E-state index contributed by atoms with van der Waals surface area (Å²) in [5, 5.41) is 0. The van der Waals surface area contributed by atoms with Gasteiger partial charge in [0.25, 0.3) is 0 Å². The fraction of sp³-hybridized carbons (Fsp3) is 0.200. The SMILES string of the molecule is CC1(C)c2ccc(Br)cc2-c2cc(I)ccc21. The fourth-order valence-corrected chi connectivity index (χ4v) is 3.57. The Kier molecular flexibility index (Phi) is 2.63. The Balaban J connectivity index is 2.39. The summed E-state index contributed by atoms with van der Waals surface area (Å²) in [6.07, 6.45) is 0. The molecule has 0 unspecified atom stereocenters. The first-order valence-electron chi connectivity index (χ1n) is 5.60. The van der Waals surface area contributed by atoms with E-state index in [1.165, 1.54) is 25.8 Å². The van der Waals surface area contributed by atoms with Crippen molar-refractivity contribution in [1.29, 1.82) is 0 Å². The monoisotopic (exact) mass is 398 g/mol. The van der Waals surface area contributed by atoms with Gasteiger partial charge >= 0.3 is 0 Å². The second-order valence-corrected chi connectivity index (χ2v) is 7.17. The minimum atomic E-state index is 0.121. The summed E-state index contributed by atoms with van der Waals surface area (Å²) in [6, 6.07) is 13.4. The summed E-state index contributed by atoms with van der Waals surface area (Å²) in [4.78, 5) is 0. The van der Waals surface area contributed by atoms with Crippen LogP contribution in [0.4, 0.5) is 0 Å². The van der Waals surface area contributed by atoms with Crippen LogP contribution >= 0.6 is 38.5 Å². The van der Waals surface area contributed by atoms with E-state index in [2.05, 4.69) is 88.8 Å². The minimum Gasteiger partial charge on any atom is -0.0565 e. The van der Waals surface area contributed by atoms with Gasteiger partial charge in [-0.2, -0.15) is 0 Å². The van der Waals surface area contributed by atoms with Crippen LogP contribution in [0.3, 0.4) is 0 Å². The summed E-state index contributed by atoms with van der Waals surface area (Å²) in [6.45, 7) is 4.61. The Bertz CT molecular complexity index is 561. The lowest BCUT2D eigenvalue weighted by molar-refractivity contribution is 0.660. The van der Waals surface area contributed by atoms with E-state index >= 15 is 0 Å². The highest BCUT2D eigenvalue weighted by Crippen LogP contribution is 2.49. The summed E-state index contributed by atoms with van der Waals surface area (Å²) in [5.74, 6) is 0. The Hall–Kier alpha value is -0.350. The van der Waals surface area contributed by atoms with Crippen molar-refractivity contribution < 1.29 is 0 Å². The molecule has 0 amide bonds. The molecular formula is C15H12BrI. The molecule has 1 aliphatic carbocycles. The van der Waals surface area contributed by atoms with Crippen molar-refractivity contribution in [2.24, 2.45) is 0 Å². The van der Waals surface area contributed by atoms with Crippen molar-refractivity contribution in [3.8, 4) is 11.1 Å². The predicted molar refractivity (Wildman–Crippen MR) is 84.4 cm³/mol. The zero-order valence-corrected chi connectivity index (χ0v) is 13.5. The van der Waals surface area contributed by atoms with Gasteiger partial charge in [0.05, 0.1) is 0 Å². The van der Waals surface area contributed by atoms with Crippen LogP contribution in [-0.2, 0) is 5.41 Å². The quantitative estimate of drug-likeness (QED) is 0.524. The van der Waals surface area contributed by atoms with Crippen LogP contribution in [0.5, 0.6) is 0 Å². The number of benzene rings is 2. The van der Waals surface area contributed by atoms with Crippen molar-refractivity contribution in [2.75, 3.05) is 0 Å². The third kappa shape index (κ3) is 1.68. The molecule has 2 aromatic rings. The van der Waals surface area contributed by atoms with Crippen molar-refractivity contribution in [3.05, 3.63) is 55.6 Å². The van der Waals surface area contributed by atoms with Crippen molar-refractivity contribution in [1.82, 2.24) is 0 Å². The fourth-order valence-electron chi connectivity index (χ4n) is 2.71. The smallest absolute Gasteiger partial charge is 0.0181 e. The maximum absolute atomic E-state index is 3.57. The lowest BCUT2D eigenvalue weighted by Gasteiger charge is -2.21. The number of rotatable bonds is 0. The molecule has 0 radical (unpaired) electrons. The van der Waals surface area contributed by atoms with Gasteiger partial charge in [-0.1, -0.05) is 41.9 Å². The maximum Gasteiger partial charge on any atom is 0.0181 e. The molecular weight excluding hydrogens is 387 g/mol. The average Bonchev–Trinajstić information content (AvgIpc) is 2.47. The molecule has 3 rings (SSSR count). The van der Waals surface area contributed by atoms with Crippen LogP contribution in [-0.4, -0.2) is 0 Å². The Labute approximate surface area is 124 Å². The van der Waals surface area contributed by atoms with E-state index in [9.17, 15) is 0 Å². The lowest BCUT2D eigenvalue weighted by Crippen LogP contribution is -2.14. The summed E-state index contributed by atoms with van der Waals surface area (Å²) < 4.78 is 2.45. The van der Waals surface area contributed by atoms with Gasteiger partial charge in [0.1, 0.15) is 0 Å². The second-order valence-electron chi connectivity index (χ2n) is 5.00. The van der Waals surface area contributed by atoms with Gasteiger partial charge in [-0.05, 0) is 69.1 Å². The van der Waals surface area contributed by atoms with Gasteiger partial charge in [-0.25, -0.2) is 0 Å². The molecule has 0 heterocycles. The van der Waals surface area contributed by atoms with Crippen LogP contribution in [0.1, 0.15) is 25.0 Å². The molecule has 0 N–H and O–H groups in total. The molecule has 0 aromatic heterocycles. The Morgan fingerprint density at radius 1 is 0.941 bits per heavy atom. The van der Waals surface area contributed by atoms with Gasteiger partial charge in [-0.3, -0.25) is 0 Å². The highest BCUT2D eigenvalue weighted by molar-refractivity contribution is 14.1. The van der Waals surface area contributed by atoms with Gasteiger partial charge in [-0.15, -0.1) is 0 Å². The average molecular weight is 399 g/mol. The predicted octanol–water partition coefficient (Wildman–Crippen LogP) is 5.36. The van der Waals surface area contributed by atoms with Gasteiger partial charge < -0.3 is 0 Å². The molecule has 0 bridgehead atoms. The van der Waals surface area contributed by atoms with Crippen LogP contribution in [0.2, 0.25) is 0 Å². The molecule has 0 fully saturated rings. The largest absolute Gasteiger partial charge is 0.0565 e. The molecule has 1 aliphatic rings. The number of halogens is 2. The Morgan fingerprint density at radius 3 is 2.24 bits per heavy atom. The van der Waals surface area contributed by atoms with Crippen LogP contribution in [0.25, 0.3) is 11.1 Å². The number of hydrogen-bond acceptors (Lipinski definition) is 0. The summed E-state index contributed by atoms with van der Waals surface area (Å²) in [5.41, 5.74) is 5.75. The highest BCUT2D eigenvalue weighted by atomic mass is 127. The standard InChI is InChI=1S/C15H12BrI/c1-15(2)13-5-3-9(16)7-11(13)12-8-10(17)4-6-14(12)15/h3-8H,1-2H3. The molecule has 0 aliphatic heterocycles. The van der Waals surface area contributed by atoms with Gasteiger partial charge in [0.2, 0.25) is 0 Å². The molecule has 17 heavy (non-hydrogen) atoms. The lowest BCUT2D eigenvalue weighted by atomic mass is 9.82. The highest BCUT2D eigenvalue weighted by Gasteiger charge is 2.35. The molecule has 0 saturated heterocycles. The molecule has 0 nitrogen and oxygen atoms in total. The van der Waals surface area contributed by atoms with Crippen LogP contribution in [0.15, 0.2) is 40.9 Å². The Morgan fingerprint density at radius 2 is 1.53 bits per heavy atom. The van der Waals surface area contributed by atoms with E-state index in [-0.39, 0.29) is 5.41 Å². The van der Waals surface area contributed by atoms with E-state index in [4.69, 9.17) is 0 Å². The maximum atomic E-state index is 3.57. The van der Waals surface area contributed by atoms with E-state index in [0.717, 1.165) is 4.47 Å². The van der Waals surface area contributed by atoms with Crippen molar-refractivity contribution >= 4 is 38.5 Å². The third-order valence-electron chi connectivity index (χ3n) is 3.60. The zero-order valence-electron chi connectivity index (χ0n) is 9.72. The molecule has 2 aromatic carbocycles. The first-order chi connectivity index (χ1) is 8.00. The normalized spacial score (nSPS) is 15.5. The van der Waals surface area contributed by atoms with E-state index < -0.39 is 0 Å². The minimum absolute atomic E-state index is 0.121. The molecule has 0 saturated carbocycles. The van der Waals surface area contributed by atoms with Crippen molar-refractivity contribution in [3.63, 3.8) is 0 Å². The van der Waals surface area contributed by atoms with Gasteiger partial charge in [0.15, 0.2) is 0 Å². The summed E-state index contributed by atoms with van der Waals surface area (Å²) >= 11 is 5.95. The van der Waals surface area contributed by atoms with Gasteiger partial charge in [0, 0.05) is 13.5 Å².